The van der Waals surface area contributed by atoms with E-state index in [-0.39, 0.29) is 11.6 Å². The molecule has 1 heterocycles. The van der Waals surface area contributed by atoms with Crippen molar-refractivity contribution in [2.24, 2.45) is 0 Å². The molecule has 0 radical (unpaired) electrons. The Morgan fingerprint density at radius 3 is 1.02 bits per heavy atom. The molecule has 0 aliphatic carbocycles. The van der Waals surface area contributed by atoms with E-state index in [1.807, 2.05) is 116 Å². The van der Waals surface area contributed by atoms with Gasteiger partial charge in [0.25, 0.3) is 0 Å². The van der Waals surface area contributed by atoms with Gasteiger partial charge in [-0.25, -0.2) is 0 Å². The lowest BCUT2D eigenvalue weighted by Crippen LogP contribution is -2.16. The van der Waals surface area contributed by atoms with Crippen LogP contribution in [0.3, 0.4) is 0 Å². The summed E-state index contributed by atoms with van der Waals surface area (Å²) in [4.78, 5) is 29.8. The highest BCUT2D eigenvalue weighted by atomic mass is 16.3. The largest absolute Gasteiger partial charge is 0.454 e. The summed E-state index contributed by atoms with van der Waals surface area (Å²) >= 11 is 0. The molecular weight excluding hydrogens is 504 g/mol. The zero-order chi connectivity index (χ0) is 29.6. The standard InChI is InChI=1S/C38H36O3/c1-21-19-22(2)26(6)31(25(21)5)35(39)33-34(36(40)32-27(7)23(3)20-24(4)28(32)8)38(30-17-13-10-14-18-30)41-37(33)29-15-11-9-12-16-29/h9-20H,1-8H3. The Bertz CT molecular complexity index is 1630. The Kier molecular flexibility index (Phi) is 7.40. The third kappa shape index (κ3) is 4.76. The van der Waals surface area contributed by atoms with Gasteiger partial charge in [-0.15, -0.1) is 0 Å². The first-order chi connectivity index (χ1) is 19.5. The van der Waals surface area contributed by atoms with Gasteiger partial charge in [0.05, 0.1) is 11.1 Å². The van der Waals surface area contributed by atoms with Crippen LogP contribution in [0, 0.1) is 55.4 Å². The second-order valence-corrected chi connectivity index (χ2v) is 11.2. The van der Waals surface area contributed by atoms with Crippen LogP contribution in [0.25, 0.3) is 22.6 Å². The van der Waals surface area contributed by atoms with Gasteiger partial charge in [-0.05, 0) is 99.9 Å². The molecule has 41 heavy (non-hydrogen) atoms. The van der Waals surface area contributed by atoms with Gasteiger partial charge in [-0.3, -0.25) is 9.59 Å². The fourth-order valence-corrected chi connectivity index (χ4v) is 5.81. The highest BCUT2D eigenvalue weighted by molar-refractivity contribution is 6.25. The molecule has 1 aromatic heterocycles. The maximum atomic E-state index is 14.9. The molecule has 0 unspecified atom stereocenters. The van der Waals surface area contributed by atoms with Crippen LogP contribution in [0.15, 0.2) is 77.2 Å². The maximum absolute atomic E-state index is 14.9. The van der Waals surface area contributed by atoms with Gasteiger partial charge < -0.3 is 4.42 Å². The topological polar surface area (TPSA) is 47.3 Å². The van der Waals surface area contributed by atoms with Crippen molar-refractivity contribution in [1.29, 1.82) is 0 Å². The molecule has 0 saturated carbocycles. The second kappa shape index (κ2) is 10.8. The maximum Gasteiger partial charge on any atom is 0.198 e. The fraction of sp³-hybridized carbons (Fsp3) is 0.211. The predicted molar refractivity (Wildman–Crippen MR) is 167 cm³/mol. The number of benzene rings is 4. The lowest BCUT2D eigenvalue weighted by atomic mass is 9.83. The van der Waals surface area contributed by atoms with Gasteiger partial charge >= 0.3 is 0 Å². The van der Waals surface area contributed by atoms with Crippen LogP contribution >= 0.6 is 0 Å². The molecule has 0 amide bonds. The van der Waals surface area contributed by atoms with Crippen LogP contribution in [0.1, 0.15) is 76.4 Å². The number of carbonyl (C=O) groups excluding carboxylic acids is 2. The molecule has 3 heteroatoms. The lowest BCUT2D eigenvalue weighted by Gasteiger charge is -2.17. The lowest BCUT2D eigenvalue weighted by molar-refractivity contribution is 0.100. The molecule has 3 nitrogen and oxygen atoms in total. The molecule has 0 aliphatic rings. The zero-order valence-corrected chi connectivity index (χ0v) is 25.2. The van der Waals surface area contributed by atoms with Crippen LogP contribution in [0.2, 0.25) is 0 Å². The molecule has 0 bridgehead atoms. The van der Waals surface area contributed by atoms with Crippen molar-refractivity contribution >= 4 is 11.6 Å². The van der Waals surface area contributed by atoms with E-state index in [0.717, 1.165) is 55.6 Å². The van der Waals surface area contributed by atoms with E-state index < -0.39 is 0 Å². The summed E-state index contributed by atoms with van der Waals surface area (Å²) in [7, 11) is 0. The van der Waals surface area contributed by atoms with Crippen molar-refractivity contribution in [3.05, 3.63) is 140 Å². The van der Waals surface area contributed by atoms with E-state index >= 15 is 0 Å². The molecule has 5 rings (SSSR count). The number of hydrogen-bond donors (Lipinski definition) is 0. The SMILES string of the molecule is Cc1cc(C)c(C)c(C(=O)c2c(-c3ccccc3)oc(-c3ccccc3)c2C(=O)c2c(C)c(C)cc(C)c2C)c1C. The molecule has 0 aliphatic heterocycles. The number of aryl methyl sites for hydroxylation is 4. The average Bonchev–Trinajstić information content (AvgIpc) is 3.37. The van der Waals surface area contributed by atoms with Gasteiger partial charge in [0.15, 0.2) is 11.6 Å². The minimum Gasteiger partial charge on any atom is -0.454 e. The minimum atomic E-state index is -0.195. The summed E-state index contributed by atoms with van der Waals surface area (Å²) < 4.78 is 6.64. The fourth-order valence-electron chi connectivity index (χ4n) is 5.81. The Balaban J connectivity index is 1.94. The van der Waals surface area contributed by atoms with Crippen LogP contribution in [0.5, 0.6) is 0 Å². The van der Waals surface area contributed by atoms with E-state index in [9.17, 15) is 9.59 Å². The monoisotopic (exact) mass is 540 g/mol. The van der Waals surface area contributed by atoms with Crippen molar-refractivity contribution in [3.8, 4) is 22.6 Å². The Morgan fingerprint density at radius 1 is 0.439 bits per heavy atom. The summed E-state index contributed by atoms with van der Waals surface area (Å²) in [6, 6.07) is 23.4. The molecular formula is C38H36O3. The van der Waals surface area contributed by atoms with E-state index in [1.165, 1.54) is 0 Å². The molecule has 0 fully saturated rings. The van der Waals surface area contributed by atoms with E-state index in [4.69, 9.17) is 4.42 Å². The predicted octanol–water partition coefficient (Wildman–Crippen LogP) is 9.54. The third-order valence-corrected chi connectivity index (χ3v) is 8.62. The Labute approximate surface area is 242 Å². The minimum absolute atomic E-state index is 0.195. The first kappa shape index (κ1) is 28.0. The van der Waals surface area contributed by atoms with Crippen molar-refractivity contribution in [3.63, 3.8) is 0 Å². The average molecular weight is 541 g/mol. The van der Waals surface area contributed by atoms with Gasteiger partial charge in [0.2, 0.25) is 0 Å². The summed E-state index contributed by atoms with van der Waals surface area (Å²) in [5.74, 6) is 0.435. The smallest absolute Gasteiger partial charge is 0.198 e. The quantitative estimate of drug-likeness (QED) is 0.202. The number of rotatable bonds is 6. The van der Waals surface area contributed by atoms with E-state index in [2.05, 4.69) is 12.1 Å². The number of carbonyl (C=O) groups is 2. The first-order valence-corrected chi connectivity index (χ1v) is 14.0. The summed E-state index contributed by atoms with van der Waals surface area (Å²) in [5.41, 5.74) is 11.2. The van der Waals surface area contributed by atoms with Gasteiger partial charge in [0, 0.05) is 22.3 Å². The van der Waals surface area contributed by atoms with Crippen molar-refractivity contribution in [2.75, 3.05) is 0 Å². The Morgan fingerprint density at radius 2 is 0.732 bits per heavy atom. The third-order valence-electron chi connectivity index (χ3n) is 8.62. The summed E-state index contributed by atoms with van der Waals surface area (Å²) in [6.45, 7) is 16.0. The van der Waals surface area contributed by atoms with Crippen molar-refractivity contribution in [2.45, 2.75) is 55.4 Å². The normalized spacial score (nSPS) is 11.1. The Hall–Kier alpha value is -4.50. The van der Waals surface area contributed by atoms with Crippen LogP contribution < -0.4 is 0 Å². The summed E-state index contributed by atoms with van der Waals surface area (Å²) in [6.07, 6.45) is 0. The molecule has 206 valence electrons. The zero-order valence-electron chi connectivity index (χ0n) is 25.2. The van der Waals surface area contributed by atoms with Crippen molar-refractivity contribution in [1.82, 2.24) is 0 Å². The van der Waals surface area contributed by atoms with Crippen molar-refractivity contribution < 1.29 is 14.0 Å². The van der Waals surface area contributed by atoms with E-state index in [0.29, 0.717) is 33.8 Å². The number of hydrogen-bond acceptors (Lipinski definition) is 3. The molecule has 0 saturated heterocycles. The number of furan rings is 1. The van der Waals surface area contributed by atoms with E-state index in [1.54, 1.807) is 0 Å². The second-order valence-electron chi connectivity index (χ2n) is 11.2. The van der Waals surface area contributed by atoms with Crippen LogP contribution in [0.4, 0.5) is 0 Å². The van der Waals surface area contributed by atoms with Crippen LogP contribution in [-0.4, -0.2) is 11.6 Å². The molecule has 4 aromatic carbocycles. The first-order valence-electron chi connectivity index (χ1n) is 14.0. The number of ketones is 2. The molecule has 0 N–H and O–H groups in total. The molecule has 5 aromatic rings. The highest BCUT2D eigenvalue weighted by Crippen LogP contribution is 2.41. The van der Waals surface area contributed by atoms with Gasteiger partial charge in [-0.2, -0.15) is 0 Å². The van der Waals surface area contributed by atoms with Crippen LogP contribution in [-0.2, 0) is 0 Å². The molecule has 0 spiro atoms. The van der Waals surface area contributed by atoms with Gasteiger partial charge in [-0.1, -0.05) is 72.8 Å². The highest BCUT2D eigenvalue weighted by Gasteiger charge is 2.35. The summed E-state index contributed by atoms with van der Waals surface area (Å²) in [5, 5.41) is 0. The molecule has 0 atom stereocenters. The van der Waals surface area contributed by atoms with Gasteiger partial charge in [0.1, 0.15) is 11.5 Å².